The third-order valence-electron chi connectivity index (χ3n) is 2.49. The van der Waals surface area contributed by atoms with Crippen LogP contribution >= 0.6 is 11.8 Å². The Balaban J connectivity index is 2.37. The largest absolute Gasteiger partial charge is 0.303 e. The number of hydrogen-bond donors (Lipinski definition) is 2. The molecule has 0 aliphatic carbocycles. The summed E-state index contributed by atoms with van der Waals surface area (Å²) in [6, 6.07) is 2.09. The van der Waals surface area contributed by atoms with Crippen LogP contribution in [0.25, 0.3) is 0 Å². The van der Waals surface area contributed by atoms with E-state index in [4.69, 9.17) is 0 Å². The molecule has 0 radical (unpaired) electrons. The van der Waals surface area contributed by atoms with Crippen LogP contribution in [0.3, 0.4) is 0 Å². The van der Waals surface area contributed by atoms with Crippen molar-refractivity contribution in [2.75, 3.05) is 5.75 Å². The predicted molar refractivity (Wildman–Crippen MR) is 78.1 cm³/mol. The maximum absolute atomic E-state index is 12.1. The lowest BCUT2D eigenvalue weighted by molar-refractivity contribution is -0.396. The van der Waals surface area contributed by atoms with Gasteiger partial charge in [-0.05, 0) is 6.07 Å². The smallest absolute Gasteiger partial charge is 0.296 e. The van der Waals surface area contributed by atoms with Crippen LogP contribution in [0.4, 0.5) is 11.4 Å². The van der Waals surface area contributed by atoms with Gasteiger partial charge in [-0.1, -0.05) is 11.8 Å². The lowest BCUT2D eigenvalue weighted by atomic mass is 10.3. The first-order chi connectivity index (χ1) is 10.7. The fourth-order valence-electron chi connectivity index (χ4n) is 1.53. The van der Waals surface area contributed by atoms with Crippen molar-refractivity contribution in [1.82, 2.24) is 10.1 Å². The first-order valence-corrected chi connectivity index (χ1v) is 8.12. The average Bonchev–Trinajstić information content (AvgIpc) is 2.90. The second kappa shape index (κ2) is 6.17. The number of nitro benzene ring substituents is 2. The number of non-ortho nitro benzene ring substituents is 1. The number of benzene rings is 1. The monoisotopic (exact) mass is 361 g/mol. The number of nitro groups is 2. The van der Waals surface area contributed by atoms with E-state index in [-0.39, 0.29) is 16.8 Å². The molecule has 1 aliphatic rings. The van der Waals surface area contributed by atoms with E-state index in [0.29, 0.717) is 6.07 Å². The minimum absolute atomic E-state index is 0.0110. The summed E-state index contributed by atoms with van der Waals surface area (Å²) in [5.41, 5.74) is -1.59. The summed E-state index contributed by atoms with van der Waals surface area (Å²) in [6.45, 7) is 0. The van der Waals surface area contributed by atoms with Gasteiger partial charge in [0.15, 0.2) is 10.1 Å². The molecule has 12 nitrogen and oxygen atoms in total. The number of amides is 1. The van der Waals surface area contributed by atoms with E-state index in [0.717, 1.165) is 23.9 Å². The third-order valence-corrected chi connectivity index (χ3v) is 4.62. The van der Waals surface area contributed by atoms with E-state index in [1.165, 1.54) is 0 Å². The van der Waals surface area contributed by atoms with Crippen LogP contribution in [0.2, 0.25) is 0 Å². The van der Waals surface area contributed by atoms with Crippen molar-refractivity contribution in [3.63, 3.8) is 0 Å². The second-order valence-corrected chi connectivity index (χ2v) is 6.61. The molecule has 0 saturated carbocycles. The summed E-state index contributed by atoms with van der Waals surface area (Å²) < 4.78 is 24.1. The van der Waals surface area contributed by atoms with Crippen LogP contribution in [0.5, 0.6) is 0 Å². The molecule has 0 bridgehead atoms. The molecule has 1 aliphatic heterocycles. The molecule has 2 rings (SSSR count). The van der Waals surface area contributed by atoms with Crippen molar-refractivity contribution in [3.8, 4) is 0 Å². The summed E-state index contributed by atoms with van der Waals surface area (Å²) in [7, 11) is -4.45. The van der Waals surface area contributed by atoms with Gasteiger partial charge in [-0.3, -0.25) is 25.0 Å². The minimum atomic E-state index is -4.45. The molecular formula is C9H7N5O7S2. The number of rotatable bonds is 5. The van der Waals surface area contributed by atoms with Gasteiger partial charge >= 0.3 is 0 Å². The number of thioether (sulfide) groups is 1. The Bertz CT molecular complexity index is 835. The first kappa shape index (κ1) is 16.6. The molecule has 0 spiro atoms. The second-order valence-electron chi connectivity index (χ2n) is 4.01. The van der Waals surface area contributed by atoms with Crippen molar-refractivity contribution in [1.29, 1.82) is 0 Å². The number of hydrazone groups is 1. The van der Waals surface area contributed by atoms with Crippen molar-refractivity contribution in [3.05, 3.63) is 38.4 Å². The van der Waals surface area contributed by atoms with E-state index in [1.54, 1.807) is 4.83 Å². The number of sulfonamides is 1. The zero-order valence-electron chi connectivity index (χ0n) is 11.0. The molecular weight excluding hydrogens is 354 g/mol. The van der Waals surface area contributed by atoms with Crippen LogP contribution in [0.1, 0.15) is 0 Å². The van der Waals surface area contributed by atoms with Gasteiger partial charge in [-0.15, -0.1) is 5.10 Å². The summed E-state index contributed by atoms with van der Waals surface area (Å²) >= 11 is 0.942. The zero-order valence-corrected chi connectivity index (χ0v) is 12.6. The highest BCUT2D eigenvalue weighted by atomic mass is 32.2. The van der Waals surface area contributed by atoms with Crippen LogP contribution in [-0.4, -0.2) is 35.1 Å². The van der Waals surface area contributed by atoms with Gasteiger partial charge in [-0.2, -0.15) is 13.2 Å². The molecule has 1 aromatic carbocycles. The van der Waals surface area contributed by atoms with Gasteiger partial charge in [0.2, 0.25) is 5.91 Å². The molecule has 1 heterocycles. The fourth-order valence-corrected chi connectivity index (χ4v) is 3.19. The molecule has 23 heavy (non-hydrogen) atoms. The summed E-state index contributed by atoms with van der Waals surface area (Å²) in [4.78, 5) is 31.5. The molecule has 14 heteroatoms. The highest BCUT2D eigenvalue weighted by molar-refractivity contribution is 8.15. The van der Waals surface area contributed by atoms with E-state index in [2.05, 4.69) is 10.4 Å². The van der Waals surface area contributed by atoms with Crippen LogP contribution < -0.4 is 10.1 Å². The summed E-state index contributed by atoms with van der Waals surface area (Å²) in [6.07, 6.45) is 0. The summed E-state index contributed by atoms with van der Waals surface area (Å²) in [5, 5.41) is 27.2. The maximum Gasteiger partial charge on any atom is 0.296 e. The number of carbonyl (C=O) groups excluding carboxylic acids is 1. The lowest BCUT2D eigenvalue weighted by Crippen LogP contribution is -2.26. The van der Waals surface area contributed by atoms with Crippen LogP contribution in [-0.2, 0) is 14.8 Å². The normalized spacial score (nSPS) is 16.2. The standard InChI is InChI=1S/C9H7N5O7S2/c15-8-4-22-9(10-8)11-12-23(20,21)7-2-1-5(13(16)17)3-6(7)14(18)19/h1-3,12H,4H2,(H,10,11,15). The lowest BCUT2D eigenvalue weighted by Gasteiger charge is -2.05. The Kier molecular flexibility index (Phi) is 4.46. The first-order valence-electron chi connectivity index (χ1n) is 5.65. The van der Waals surface area contributed by atoms with Crippen LogP contribution in [0.15, 0.2) is 28.2 Å². The van der Waals surface area contributed by atoms with Crippen molar-refractivity contribution < 1.29 is 23.1 Å². The highest BCUT2D eigenvalue weighted by Gasteiger charge is 2.29. The van der Waals surface area contributed by atoms with Gasteiger partial charge in [-0.25, -0.2) is 0 Å². The number of hydrogen-bond acceptors (Lipinski definition) is 9. The Labute approximate surface area is 132 Å². The molecule has 122 valence electrons. The molecule has 1 saturated heterocycles. The van der Waals surface area contributed by atoms with Gasteiger partial charge in [0.1, 0.15) is 0 Å². The van der Waals surface area contributed by atoms with Crippen LogP contribution in [0, 0.1) is 20.2 Å². The molecule has 2 N–H and O–H groups in total. The van der Waals surface area contributed by atoms with Gasteiger partial charge in [0.05, 0.1) is 21.7 Å². The Morgan fingerprint density at radius 1 is 1.26 bits per heavy atom. The zero-order chi connectivity index (χ0) is 17.2. The van der Waals surface area contributed by atoms with E-state index in [1.807, 2.05) is 0 Å². The Morgan fingerprint density at radius 3 is 2.48 bits per heavy atom. The average molecular weight is 361 g/mol. The van der Waals surface area contributed by atoms with Gasteiger partial charge in [0.25, 0.3) is 21.4 Å². The molecule has 0 aromatic heterocycles. The third kappa shape index (κ3) is 3.72. The topological polar surface area (TPSA) is 174 Å². The quantitative estimate of drug-likeness (QED) is 0.540. The van der Waals surface area contributed by atoms with Gasteiger partial charge < -0.3 is 5.32 Å². The number of carbonyl (C=O) groups is 1. The predicted octanol–water partition coefficient (Wildman–Crippen LogP) is -0.0847. The van der Waals surface area contributed by atoms with E-state index < -0.39 is 36.1 Å². The molecule has 1 aromatic rings. The van der Waals surface area contributed by atoms with Gasteiger partial charge in [0, 0.05) is 6.07 Å². The maximum atomic E-state index is 12.1. The Hall–Kier alpha value is -2.74. The molecule has 0 unspecified atom stereocenters. The van der Waals surface area contributed by atoms with Crippen molar-refractivity contribution in [2.45, 2.75) is 4.90 Å². The Morgan fingerprint density at radius 2 is 1.96 bits per heavy atom. The molecule has 0 atom stereocenters. The van der Waals surface area contributed by atoms with Crippen molar-refractivity contribution in [2.24, 2.45) is 5.10 Å². The number of nitrogens with zero attached hydrogens (tertiary/aromatic N) is 3. The number of amidine groups is 1. The van der Waals surface area contributed by atoms with Crippen molar-refractivity contribution >= 4 is 44.2 Å². The minimum Gasteiger partial charge on any atom is -0.303 e. The SMILES string of the molecule is O=C1CS/C(=N/NS(=O)(=O)c2ccc([N+](=O)[O-])cc2[N+](=O)[O-])N1. The fraction of sp³-hybridized carbons (Fsp3) is 0.111. The van der Waals surface area contributed by atoms with E-state index >= 15 is 0 Å². The molecule has 1 amide bonds. The summed E-state index contributed by atoms with van der Waals surface area (Å²) in [5.74, 6) is -0.299. The highest BCUT2D eigenvalue weighted by Crippen LogP contribution is 2.28. The van der Waals surface area contributed by atoms with E-state index in [9.17, 15) is 33.4 Å². The number of nitrogens with one attached hydrogen (secondary N) is 2. The molecule has 1 fully saturated rings.